The van der Waals surface area contributed by atoms with Gasteiger partial charge in [-0.3, -0.25) is 0 Å². The van der Waals surface area contributed by atoms with E-state index < -0.39 is 0 Å². The fraction of sp³-hybridized carbons (Fsp3) is 0.571. The van der Waals surface area contributed by atoms with Crippen LogP contribution in [0.15, 0.2) is 12.1 Å². The molecule has 19 heavy (non-hydrogen) atoms. The number of hydrogen-bond acceptors (Lipinski definition) is 2. The summed E-state index contributed by atoms with van der Waals surface area (Å²) in [6.07, 6.45) is 5.22. The molecule has 0 aromatic heterocycles. The van der Waals surface area contributed by atoms with Crippen molar-refractivity contribution in [1.82, 2.24) is 5.32 Å². The summed E-state index contributed by atoms with van der Waals surface area (Å²) < 4.78 is 5.80. The molecule has 1 fully saturated rings. The molecule has 0 spiro atoms. The van der Waals surface area contributed by atoms with Gasteiger partial charge in [0.1, 0.15) is 11.9 Å². The summed E-state index contributed by atoms with van der Waals surface area (Å²) in [4.78, 5) is 0. The molecule has 1 aliphatic carbocycles. The summed E-state index contributed by atoms with van der Waals surface area (Å²) in [6, 6.07) is 3.91. The molecule has 2 rings (SSSR count). The highest BCUT2D eigenvalue weighted by Crippen LogP contribution is 2.34. The number of benzene rings is 1. The summed E-state index contributed by atoms with van der Waals surface area (Å²) in [5.41, 5.74) is 0. The monoisotopic (exact) mass is 321 g/mol. The van der Waals surface area contributed by atoms with Crippen LogP contribution in [0.3, 0.4) is 0 Å². The van der Waals surface area contributed by atoms with Crippen LogP contribution in [0.4, 0.5) is 0 Å². The Balaban J connectivity index is 1.87. The van der Waals surface area contributed by atoms with E-state index in [4.69, 9.17) is 39.5 Å². The lowest BCUT2D eigenvalue weighted by atomic mass is 10.2. The maximum atomic E-state index is 6.08. The molecular formula is C14H18Cl3NO. The van der Waals surface area contributed by atoms with E-state index in [2.05, 4.69) is 5.32 Å². The van der Waals surface area contributed by atoms with Gasteiger partial charge in [0, 0.05) is 18.7 Å². The van der Waals surface area contributed by atoms with Crippen LogP contribution in [-0.2, 0) is 0 Å². The first-order valence-corrected chi connectivity index (χ1v) is 7.74. The van der Waals surface area contributed by atoms with Crippen molar-refractivity contribution in [3.63, 3.8) is 0 Å². The van der Waals surface area contributed by atoms with Gasteiger partial charge in [0.15, 0.2) is 0 Å². The zero-order chi connectivity index (χ0) is 13.8. The van der Waals surface area contributed by atoms with Gasteiger partial charge in [0.2, 0.25) is 0 Å². The first kappa shape index (κ1) is 15.2. The van der Waals surface area contributed by atoms with E-state index in [1.165, 1.54) is 25.7 Å². The second-order valence-electron chi connectivity index (χ2n) is 5.01. The van der Waals surface area contributed by atoms with Crippen molar-refractivity contribution >= 4 is 34.8 Å². The van der Waals surface area contributed by atoms with Gasteiger partial charge in [0.25, 0.3) is 0 Å². The zero-order valence-electron chi connectivity index (χ0n) is 10.9. The molecule has 1 aromatic carbocycles. The van der Waals surface area contributed by atoms with Gasteiger partial charge in [-0.2, -0.15) is 0 Å². The predicted molar refractivity (Wildman–Crippen MR) is 81.8 cm³/mol. The number of nitrogens with one attached hydrogen (secondary N) is 1. The molecule has 0 amide bonds. The zero-order valence-corrected chi connectivity index (χ0v) is 13.2. The summed E-state index contributed by atoms with van der Waals surface area (Å²) in [5.74, 6) is 0.580. The van der Waals surface area contributed by atoms with Crippen LogP contribution >= 0.6 is 34.8 Å². The highest BCUT2D eigenvalue weighted by molar-refractivity contribution is 6.43. The molecule has 1 aromatic rings. The molecule has 1 atom stereocenters. The van der Waals surface area contributed by atoms with Gasteiger partial charge in [-0.1, -0.05) is 47.6 Å². The molecule has 106 valence electrons. The summed E-state index contributed by atoms with van der Waals surface area (Å²) >= 11 is 17.9. The third-order valence-electron chi connectivity index (χ3n) is 3.35. The molecule has 1 saturated carbocycles. The topological polar surface area (TPSA) is 21.3 Å². The highest BCUT2D eigenvalue weighted by Gasteiger charge is 2.16. The van der Waals surface area contributed by atoms with Crippen LogP contribution in [0.5, 0.6) is 5.75 Å². The summed E-state index contributed by atoms with van der Waals surface area (Å²) in [6.45, 7) is 2.82. The van der Waals surface area contributed by atoms with E-state index in [9.17, 15) is 0 Å². The smallest absolute Gasteiger partial charge is 0.139 e. The van der Waals surface area contributed by atoms with Gasteiger partial charge in [0.05, 0.1) is 15.1 Å². The Morgan fingerprint density at radius 3 is 2.47 bits per heavy atom. The maximum Gasteiger partial charge on any atom is 0.139 e. The van der Waals surface area contributed by atoms with E-state index in [1.54, 1.807) is 12.1 Å². The summed E-state index contributed by atoms with van der Waals surface area (Å²) in [7, 11) is 0. The molecule has 5 heteroatoms. The molecule has 0 aliphatic heterocycles. The van der Waals surface area contributed by atoms with Gasteiger partial charge in [-0.15, -0.1) is 0 Å². The quantitative estimate of drug-likeness (QED) is 0.775. The van der Waals surface area contributed by atoms with Crippen molar-refractivity contribution in [1.29, 1.82) is 0 Å². The van der Waals surface area contributed by atoms with Crippen molar-refractivity contribution in [3.8, 4) is 5.75 Å². The Hall–Kier alpha value is -0.150. The highest BCUT2D eigenvalue weighted by atomic mass is 35.5. The van der Waals surface area contributed by atoms with Crippen molar-refractivity contribution in [2.75, 3.05) is 6.54 Å². The fourth-order valence-electron chi connectivity index (χ4n) is 2.32. The number of hydrogen-bond donors (Lipinski definition) is 1. The third-order valence-corrected chi connectivity index (χ3v) is 4.37. The van der Waals surface area contributed by atoms with Gasteiger partial charge < -0.3 is 10.1 Å². The fourth-order valence-corrected chi connectivity index (χ4v) is 2.90. The molecule has 1 aliphatic rings. The van der Waals surface area contributed by atoms with Crippen molar-refractivity contribution in [2.45, 2.75) is 44.8 Å². The van der Waals surface area contributed by atoms with Crippen molar-refractivity contribution in [2.24, 2.45) is 0 Å². The van der Waals surface area contributed by atoms with E-state index in [0.717, 1.165) is 6.54 Å². The maximum absolute atomic E-state index is 6.08. The lowest BCUT2D eigenvalue weighted by Crippen LogP contribution is -2.35. The van der Waals surface area contributed by atoms with Crippen LogP contribution in [0.1, 0.15) is 32.6 Å². The van der Waals surface area contributed by atoms with Crippen LogP contribution < -0.4 is 10.1 Å². The van der Waals surface area contributed by atoms with E-state index in [0.29, 0.717) is 26.9 Å². The van der Waals surface area contributed by atoms with Crippen LogP contribution in [-0.4, -0.2) is 18.7 Å². The van der Waals surface area contributed by atoms with E-state index >= 15 is 0 Å². The first-order chi connectivity index (χ1) is 9.06. The first-order valence-electron chi connectivity index (χ1n) is 6.61. The molecule has 0 heterocycles. The number of rotatable bonds is 5. The van der Waals surface area contributed by atoms with Crippen LogP contribution in [0.25, 0.3) is 0 Å². The van der Waals surface area contributed by atoms with E-state index in [1.807, 2.05) is 6.92 Å². The Kier molecular flexibility index (Phi) is 5.64. The summed E-state index contributed by atoms with van der Waals surface area (Å²) in [5, 5.41) is 4.90. The molecule has 0 saturated heterocycles. The Morgan fingerprint density at radius 1 is 1.16 bits per heavy atom. The number of ether oxygens (including phenoxy) is 1. The van der Waals surface area contributed by atoms with Crippen LogP contribution in [0, 0.1) is 0 Å². The minimum absolute atomic E-state index is 0.0374. The van der Waals surface area contributed by atoms with Gasteiger partial charge >= 0.3 is 0 Å². The minimum atomic E-state index is 0.0374. The second kappa shape index (κ2) is 7.03. The van der Waals surface area contributed by atoms with Crippen molar-refractivity contribution in [3.05, 3.63) is 27.2 Å². The van der Waals surface area contributed by atoms with Crippen LogP contribution in [0.2, 0.25) is 15.1 Å². The largest absolute Gasteiger partial charge is 0.488 e. The second-order valence-corrected chi connectivity index (χ2v) is 6.24. The standard InChI is InChI=1S/C14H18Cl3NO/c1-9(8-18-10-4-2-3-5-10)19-14-7-12(16)11(15)6-13(14)17/h6-7,9-10,18H,2-5,8H2,1H3. The Labute approximate surface area is 129 Å². The Bertz CT molecular complexity index is 433. The van der Waals surface area contributed by atoms with Gasteiger partial charge in [-0.05, 0) is 25.8 Å². The van der Waals surface area contributed by atoms with Crippen molar-refractivity contribution < 1.29 is 4.74 Å². The molecule has 1 unspecified atom stereocenters. The molecule has 2 nitrogen and oxygen atoms in total. The van der Waals surface area contributed by atoms with Gasteiger partial charge in [-0.25, -0.2) is 0 Å². The molecule has 0 radical (unpaired) electrons. The normalized spacial score (nSPS) is 17.7. The molecule has 0 bridgehead atoms. The Morgan fingerprint density at radius 2 is 1.79 bits per heavy atom. The average Bonchev–Trinajstić information content (AvgIpc) is 2.86. The third kappa shape index (κ3) is 4.42. The lowest BCUT2D eigenvalue weighted by Gasteiger charge is -2.19. The lowest BCUT2D eigenvalue weighted by molar-refractivity contribution is 0.211. The average molecular weight is 323 g/mol. The molecular weight excluding hydrogens is 305 g/mol. The number of halogens is 3. The molecule has 1 N–H and O–H groups in total. The SMILES string of the molecule is CC(CNC1CCCC1)Oc1cc(Cl)c(Cl)cc1Cl. The predicted octanol–water partition coefficient (Wildman–Crippen LogP) is 4.95. The van der Waals surface area contributed by atoms with E-state index in [-0.39, 0.29) is 6.10 Å². The minimum Gasteiger partial charge on any atom is -0.488 e.